The van der Waals surface area contributed by atoms with Crippen LogP contribution in [0.4, 0.5) is 0 Å². The average molecular weight is 466 g/mol. The minimum atomic E-state index is 0. The highest BCUT2D eigenvalue weighted by Crippen LogP contribution is 2.09. The Hall–Kier alpha value is -0.570. The van der Waals surface area contributed by atoms with Crippen LogP contribution >= 0.6 is 35.6 Å². The summed E-state index contributed by atoms with van der Waals surface area (Å²) < 4.78 is 0. The molecule has 0 radical (unpaired) electrons. The van der Waals surface area contributed by atoms with E-state index in [4.69, 9.17) is 11.6 Å². The van der Waals surface area contributed by atoms with Crippen molar-refractivity contribution >= 4 is 41.5 Å². The zero-order valence-electron chi connectivity index (χ0n) is 14.6. The molecule has 0 unspecified atom stereocenters. The van der Waals surface area contributed by atoms with Gasteiger partial charge in [0.1, 0.15) is 0 Å². The molecule has 5 nitrogen and oxygen atoms in total. The second-order valence-electron chi connectivity index (χ2n) is 5.98. The molecule has 0 aliphatic carbocycles. The Morgan fingerprint density at radius 3 is 2.58 bits per heavy atom. The van der Waals surface area contributed by atoms with Crippen molar-refractivity contribution in [2.75, 3.05) is 53.4 Å². The van der Waals surface area contributed by atoms with Crippen LogP contribution in [0.25, 0.3) is 0 Å². The molecule has 7 heteroatoms. The van der Waals surface area contributed by atoms with Crippen LogP contribution in [0, 0.1) is 0 Å². The van der Waals surface area contributed by atoms with Crippen molar-refractivity contribution in [2.24, 2.45) is 4.99 Å². The fourth-order valence-corrected chi connectivity index (χ4v) is 2.79. The Balaban J connectivity index is 0.00000288. The van der Waals surface area contributed by atoms with Crippen LogP contribution in [0.3, 0.4) is 0 Å². The Labute approximate surface area is 167 Å². The third-order valence-corrected chi connectivity index (χ3v) is 4.38. The van der Waals surface area contributed by atoms with E-state index in [1.807, 2.05) is 24.3 Å². The lowest BCUT2D eigenvalue weighted by Gasteiger charge is -2.21. The van der Waals surface area contributed by atoms with Gasteiger partial charge < -0.3 is 20.4 Å². The monoisotopic (exact) mass is 465 g/mol. The van der Waals surface area contributed by atoms with Crippen LogP contribution in [-0.4, -0.2) is 69.1 Å². The first kappa shape index (κ1) is 21.5. The lowest BCUT2D eigenvalue weighted by atomic mass is 10.2. The van der Waals surface area contributed by atoms with E-state index in [0.29, 0.717) is 0 Å². The van der Waals surface area contributed by atoms with Gasteiger partial charge in [0.05, 0.1) is 0 Å². The molecule has 1 aliphatic rings. The Morgan fingerprint density at radius 1 is 1.12 bits per heavy atom. The van der Waals surface area contributed by atoms with Crippen molar-refractivity contribution in [3.63, 3.8) is 0 Å². The molecular weight excluding hydrogens is 437 g/mol. The first-order valence-corrected chi connectivity index (χ1v) is 8.65. The molecule has 1 saturated heterocycles. The SMILES string of the molecule is CN=C(NCCN1CCCN(C)CC1)NCc1ccc(Cl)cc1.I. The van der Waals surface area contributed by atoms with Crippen LogP contribution < -0.4 is 10.6 Å². The van der Waals surface area contributed by atoms with E-state index in [-0.39, 0.29) is 24.0 Å². The number of likely N-dealkylation sites (N-methyl/N-ethyl adjacent to an activating group) is 1. The zero-order chi connectivity index (χ0) is 16.5. The summed E-state index contributed by atoms with van der Waals surface area (Å²) in [5, 5.41) is 7.48. The smallest absolute Gasteiger partial charge is 0.191 e. The molecule has 0 spiro atoms. The van der Waals surface area contributed by atoms with Crippen molar-refractivity contribution in [2.45, 2.75) is 13.0 Å². The topological polar surface area (TPSA) is 42.9 Å². The number of aliphatic imine (C=N–C) groups is 1. The maximum absolute atomic E-state index is 5.90. The molecule has 1 aliphatic heterocycles. The van der Waals surface area contributed by atoms with Gasteiger partial charge in [-0.25, -0.2) is 0 Å². The lowest BCUT2D eigenvalue weighted by Crippen LogP contribution is -2.42. The molecule has 24 heavy (non-hydrogen) atoms. The largest absolute Gasteiger partial charge is 0.355 e. The molecule has 1 heterocycles. The highest BCUT2D eigenvalue weighted by atomic mass is 127. The highest BCUT2D eigenvalue weighted by Gasteiger charge is 2.11. The van der Waals surface area contributed by atoms with Crippen molar-refractivity contribution < 1.29 is 0 Å². The van der Waals surface area contributed by atoms with E-state index in [9.17, 15) is 0 Å². The standard InChI is InChI=1S/C17H28ClN5.HI/c1-19-17(21-14-15-4-6-16(18)7-5-15)20-8-11-23-10-3-9-22(2)12-13-23;/h4-7H,3,8-14H2,1-2H3,(H2,19,20,21);1H. The summed E-state index contributed by atoms with van der Waals surface area (Å²) in [5.74, 6) is 0.840. The molecular formula is C17H29ClIN5. The normalized spacial score (nSPS) is 17.0. The van der Waals surface area contributed by atoms with Gasteiger partial charge in [0, 0.05) is 44.8 Å². The predicted octanol–water partition coefficient (Wildman–Crippen LogP) is 2.26. The number of rotatable bonds is 5. The third-order valence-electron chi connectivity index (χ3n) is 4.13. The van der Waals surface area contributed by atoms with Crippen molar-refractivity contribution in [1.82, 2.24) is 20.4 Å². The molecule has 0 aromatic heterocycles. The van der Waals surface area contributed by atoms with E-state index < -0.39 is 0 Å². The van der Waals surface area contributed by atoms with Crippen LogP contribution in [0.15, 0.2) is 29.3 Å². The molecule has 1 fully saturated rings. The molecule has 2 N–H and O–H groups in total. The molecule has 0 atom stereocenters. The summed E-state index contributed by atoms with van der Waals surface area (Å²) in [6.07, 6.45) is 1.25. The molecule has 2 rings (SSSR count). The van der Waals surface area contributed by atoms with Crippen molar-refractivity contribution in [3.05, 3.63) is 34.9 Å². The molecule has 0 saturated carbocycles. The Morgan fingerprint density at radius 2 is 1.88 bits per heavy atom. The van der Waals surface area contributed by atoms with E-state index in [2.05, 4.69) is 32.5 Å². The van der Waals surface area contributed by atoms with Gasteiger partial charge in [0.2, 0.25) is 0 Å². The third kappa shape index (κ3) is 8.00. The Kier molecular flexibility index (Phi) is 10.6. The van der Waals surface area contributed by atoms with Gasteiger partial charge in [-0.05, 0) is 44.3 Å². The summed E-state index contributed by atoms with van der Waals surface area (Å²) in [4.78, 5) is 9.20. The fraction of sp³-hybridized carbons (Fsp3) is 0.588. The van der Waals surface area contributed by atoms with Crippen molar-refractivity contribution in [3.8, 4) is 0 Å². The lowest BCUT2D eigenvalue weighted by molar-refractivity contribution is 0.280. The first-order valence-electron chi connectivity index (χ1n) is 8.27. The van der Waals surface area contributed by atoms with E-state index in [1.165, 1.54) is 25.1 Å². The molecule has 0 amide bonds. The summed E-state index contributed by atoms with van der Waals surface area (Å²) in [6, 6.07) is 7.86. The van der Waals surface area contributed by atoms with Crippen LogP contribution in [0.2, 0.25) is 5.02 Å². The van der Waals surface area contributed by atoms with Gasteiger partial charge in [-0.1, -0.05) is 23.7 Å². The van der Waals surface area contributed by atoms with E-state index in [1.54, 1.807) is 7.05 Å². The number of hydrogen-bond donors (Lipinski definition) is 2. The summed E-state index contributed by atoms with van der Waals surface area (Å²) >= 11 is 5.90. The number of nitrogens with zero attached hydrogens (tertiary/aromatic N) is 3. The number of benzene rings is 1. The molecule has 136 valence electrons. The minimum Gasteiger partial charge on any atom is -0.355 e. The van der Waals surface area contributed by atoms with Crippen LogP contribution in [0.1, 0.15) is 12.0 Å². The fourth-order valence-electron chi connectivity index (χ4n) is 2.66. The van der Waals surface area contributed by atoms with E-state index in [0.717, 1.165) is 43.7 Å². The summed E-state index contributed by atoms with van der Waals surface area (Å²) in [5.41, 5.74) is 1.19. The van der Waals surface area contributed by atoms with Crippen LogP contribution in [0.5, 0.6) is 0 Å². The highest BCUT2D eigenvalue weighted by molar-refractivity contribution is 14.0. The van der Waals surface area contributed by atoms with Gasteiger partial charge >= 0.3 is 0 Å². The first-order chi connectivity index (χ1) is 11.2. The van der Waals surface area contributed by atoms with Gasteiger partial charge in [0.25, 0.3) is 0 Å². The predicted molar refractivity (Wildman–Crippen MR) is 114 cm³/mol. The number of halogens is 2. The van der Waals surface area contributed by atoms with Crippen LogP contribution in [-0.2, 0) is 6.54 Å². The van der Waals surface area contributed by atoms with E-state index >= 15 is 0 Å². The number of nitrogens with one attached hydrogen (secondary N) is 2. The zero-order valence-corrected chi connectivity index (χ0v) is 17.7. The van der Waals surface area contributed by atoms with Gasteiger partial charge in [-0.2, -0.15) is 0 Å². The maximum Gasteiger partial charge on any atom is 0.191 e. The molecule has 1 aromatic carbocycles. The van der Waals surface area contributed by atoms with Gasteiger partial charge in [-0.3, -0.25) is 4.99 Å². The summed E-state index contributed by atoms with van der Waals surface area (Å²) in [6.45, 7) is 7.39. The Bertz CT molecular complexity index is 494. The van der Waals surface area contributed by atoms with Gasteiger partial charge in [0.15, 0.2) is 5.96 Å². The number of guanidine groups is 1. The van der Waals surface area contributed by atoms with Gasteiger partial charge in [-0.15, -0.1) is 24.0 Å². The number of hydrogen-bond acceptors (Lipinski definition) is 3. The minimum absolute atomic E-state index is 0. The second-order valence-corrected chi connectivity index (χ2v) is 6.41. The summed E-state index contributed by atoms with van der Waals surface area (Å²) in [7, 11) is 4.00. The van der Waals surface area contributed by atoms with Crippen molar-refractivity contribution in [1.29, 1.82) is 0 Å². The second kappa shape index (κ2) is 11.9. The average Bonchev–Trinajstić information content (AvgIpc) is 2.77. The quantitative estimate of drug-likeness (QED) is 0.398. The molecule has 0 bridgehead atoms. The maximum atomic E-state index is 5.90. The molecule has 1 aromatic rings.